The Bertz CT molecular complexity index is 1290. The summed E-state index contributed by atoms with van der Waals surface area (Å²) in [6.07, 6.45) is 2.08. The maximum absolute atomic E-state index is 13.8. The van der Waals surface area contributed by atoms with E-state index in [0.29, 0.717) is 6.54 Å². The molecule has 1 aliphatic heterocycles. The first-order chi connectivity index (χ1) is 15.5. The first-order valence-electron chi connectivity index (χ1n) is 11.0. The maximum Gasteiger partial charge on any atom is 0.322 e. The van der Waals surface area contributed by atoms with Crippen LogP contribution in [0.3, 0.4) is 0 Å². The summed E-state index contributed by atoms with van der Waals surface area (Å²) in [6.45, 7) is 6.70. The van der Waals surface area contributed by atoms with Gasteiger partial charge in [-0.3, -0.25) is 0 Å². The average molecular weight is 422 g/mol. The van der Waals surface area contributed by atoms with Crippen LogP contribution in [-0.2, 0) is 6.54 Å². The number of anilines is 1. The Labute approximate surface area is 189 Å². The van der Waals surface area contributed by atoms with Crippen LogP contribution < -0.4 is 5.32 Å². The van der Waals surface area contributed by atoms with Crippen molar-refractivity contribution < 1.29 is 4.79 Å². The lowest BCUT2D eigenvalue weighted by atomic mass is 10.0. The fraction of sp³-hybridized carbons (Fsp3) is 0.179. The number of benzene rings is 3. The molecular weight excluding hydrogens is 394 g/mol. The lowest BCUT2D eigenvalue weighted by molar-refractivity contribution is 0.194. The lowest BCUT2D eigenvalue weighted by Gasteiger charge is -2.31. The number of carbonyl (C=O) groups is 1. The van der Waals surface area contributed by atoms with Crippen molar-refractivity contribution in [2.75, 3.05) is 5.32 Å². The quantitative estimate of drug-likeness (QED) is 0.392. The first-order valence-corrected chi connectivity index (χ1v) is 11.0. The lowest BCUT2D eigenvalue weighted by Crippen LogP contribution is -2.38. The average Bonchev–Trinajstić information content (AvgIpc) is 3.21. The van der Waals surface area contributed by atoms with Gasteiger partial charge in [0.15, 0.2) is 0 Å². The summed E-state index contributed by atoms with van der Waals surface area (Å²) in [5.74, 6) is 0. The molecule has 2 heterocycles. The van der Waals surface area contributed by atoms with Crippen molar-refractivity contribution in [1.82, 2.24) is 9.47 Å². The molecule has 0 saturated heterocycles. The van der Waals surface area contributed by atoms with Crippen molar-refractivity contribution in [3.05, 3.63) is 119 Å². The third kappa shape index (κ3) is 3.58. The number of aromatic nitrogens is 1. The summed E-state index contributed by atoms with van der Waals surface area (Å²) in [6, 6.07) is 26.8. The Balaban J connectivity index is 1.62. The number of amides is 2. The Hall–Kier alpha value is -3.79. The van der Waals surface area contributed by atoms with Crippen molar-refractivity contribution in [2.45, 2.75) is 33.4 Å². The van der Waals surface area contributed by atoms with Crippen LogP contribution in [0.1, 0.15) is 39.6 Å². The standard InChI is InChI=1S/C28H27N3O/c1-19-10-13-22(14-11-19)27-26-9-6-16-30(26)25-8-5-4-7-23(25)18-31(27)28(32)29-24-15-12-20(2)17-21(24)3/h4-17,27H,18H2,1-3H3,(H,29,32). The monoisotopic (exact) mass is 421 g/mol. The number of nitrogens with zero attached hydrogens (tertiary/aromatic N) is 2. The van der Waals surface area contributed by atoms with E-state index in [1.807, 2.05) is 30.0 Å². The zero-order chi connectivity index (χ0) is 22.2. The van der Waals surface area contributed by atoms with E-state index in [0.717, 1.165) is 33.8 Å². The van der Waals surface area contributed by atoms with Crippen molar-refractivity contribution in [2.24, 2.45) is 0 Å². The molecule has 1 unspecified atom stereocenters. The number of para-hydroxylation sites is 1. The number of hydrogen-bond acceptors (Lipinski definition) is 1. The molecule has 1 aromatic heterocycles. The van der Waals surface area contributed by atoms with Crippen molar-refractivity contribution >= 4 is 11.7 Å². The van der Waals surface area contributed by atoms with Crippen LogP contribution in [0.2, 0.25) is 0 Å². The van der Waals surface area contributed by atoms with Crippen LogP contribution in [0.4, 0.5) is 10.5 Å². The Morgan fingerprint density at radius 2 is 1.62 bits per heavy atom. The van der Waals surface area contributed by atoms with Gasteiger partial charge in [0, 0.05) is 17.6 Å². The van der Waals surface area contributed by atoms with Gasteiger partial charge in [-0.1, -0.05) is 65.7 Å². The number of hydrogen-bond donors (Lipinski definition) is 1. The first kappa shape index (κ1) is 20.1. The van der Waals surface area contributed by atoms with E-state index in [4.69, 9.17) is 0 Å². The molecule has 0 radical (unpaired) electrons. The van der Waals surface area contributed by atoms with Crippen LogP contribution >= 0.6 is 0 Å². The van der Waals surface area contributed by atoms with Gasteiger partial charge in [0.2, 0.25) is 0 Å². The van der Waals surface area contributed by atoms with Crippen molar-refractivity contribution in [3.8, 4) is 5.69 Å². The predicted molar refractivity (Wildman–Crippen MR) is 129 cm³/mol. The van der Waals surface area contributed by atoms with E-state index in [-0.39, 0.29) is 12.1 Å². The van der Waals surface area contributed by atoms with Gasteiger partial charge in [-0.05, 0) is 61.7 Å². The van der Waals surface area contributed by atoms with Crippen LogP contribution in [0.25, 0.3) is 5.69 Å². The second-order valence-electron chi connectivity index (χ2n) is 8.62. The normalized spacial score (nSPS) is 15.0. The molecule has 0 fully saturated rings. The van der Waals surface area contributed by atoms with Gasteiger partial charge in [-0.2, -0.15) is 0 Å². The minimum atomic E-state index is -0.205. The molecule has 0 bridgehead atoms. The smallest absolute Gasteiger partial charge is 0.318 e. The fourth-order valence-electron chi connectivity index (χ4n) is 4.58. The number of urea groups is 1. The molecule has 0 saturated carbocycles. The summed E-state index contributed by atoms with van der Waals surface area (Å²) in [4.78, 5) is 15.7. The molecule has 4 nitrogen and oxygen atoms in total. The molecule has 3 aromatic carbocycles. The molecule has 4 heteroatoms. The summed E-state index contributed by atoms with van der Waals surface area (Å²) < 4.78 is 2.21. The topological polar surface area (TPSA) is 37.3 Å². The summed E-state index contributed by atoms with van der Waals surface area (Å²) >= 11 is 0. The minimum absolute atomic E-state index is 0.105. The highest BCUT2D eigenvalue weighted by Gasteiger charge is 2.33. The van der Waals surface area contributed by atoms with Crippen LogP contribution in [0.15, 0.2) is 85.1 Å². The Kier molecular flexibility index (Phi) is 5.06. The molecule has 0 aliphatic carbocycles. The summed E-state index contributed by atoms with van der Waals surface area (Å²) in [5, 5.41) is 3.18. The fourth-order valence-corrected chi connectivity index (χ4v) is 4.58. The van der Waals surface area contributed by atoms with Gasteiger partial charge >= 0.3 is 6.03 Å². The molecule has 1 atom stereocenters. The molecule has 4 aromatic rings. The van der Waals surface area contributed by atoms with E-state index < -0.39 is 0 Å². The zero-order valence-electron chi connectivity index (χ0n) is 18.7. The number of carbonyl (C=O) groups excluding carboxylic acids is 1. The number of nitrogens with one attached hydrogen (secondary N) is 1. The number of rotatable bonds is 2. The Morgan fingerprint density at radius 1 is 0.875 bits per heavy atom. The van der Waals surface area contributed by atoms with Gasteiger partial charge in [0.1, 0.15) is 0 Å². The van der Waals surface area contributed by atoms with Gasteiger partial charge in [-0.15, -0.1) is 0 Å². The van der Waals surface area contributed by atoms with E-state index in [9.17, 15) is 4.79 Å². The maximum atomic E-state index is 13.8. The SMILES string of the molecule is Cc1ccc(C2c3cccn3-c3ccccc3CN2C(=O)Nc2ccc(C)cc2C)cc1. The van der Waals surface area contributed by atoms with Gasteiger partial charge in [0.25, 0.3) is 0 Å². The number of aryl methyl sites for hydroxylation is 3. The van der Waals surface area contributed by atoms with Gasteiger partial charge in [-0.25, -0.2) is 4.79 Å². The van der Waals surface area contributed by atoms with Crippen LogP contribution in [0.5, 0.6) is 0 Å². The summed E-state index contributed by atoms with van der Waals surface area (Å²) in [5.41, 5.74) is 8.70. The highest BCUT2D eigenvalue weighted by molar-refractivity contribution is 5.91. The summed E-state index contributed by atoms with van der Waals surface area (Å²) in [7, 11) is 0. The molecule has 0 spiro atoms. The molecular formula is C28H27N3O. The molecule has 1 N–H and O–H groups in total. The van der Waals surface area contributed by atoms with Gasteiger partial charge < -0.3 is 14.8 Å². The second kappa shape index (κ2) is 8.04. The molecule has 5 rings (SSSR count). The molecule has 32 heavy (non-hydrogen) atoms. The van der Waals surface area contributed by atoms with Crippen molar-refractivity contribution in [1.29, 1.82) is 0 Å². The highest BCUT2D eigenvalue weighted by atomic mass is 16.2. The van der Waals surface area contributed by atoms with Crippen LogP contribution in [-0.4, -0.2) is 15.5 Å². The van der Waals surface area contributed by atoms with Crippen LogP contribution in [0, 0.1) is 20.8 Å². The molecule has 160 valence electrons. The van der Waals surface area contributed by atoms with E-state index >= 15 is 0 Å². The third-order valence-electron chi connectivity index (χ3n) is 6.24. The van der Waals surface area contributed by atoms with Crippen molar-refractivity contribution in [3.63, 3.8) is 0 Å². The van der Waals surface area contributed by atoms with E-state index in [2.05, 4.69) is 90.6 Å². The number of fused-ring (bicyclic) bond motifs is 3. The largest absolute Gasteiger partial charge is 0.322 e. The second-order valence-corrected chi connectivity index (χ2v) is 8.62. The minimum Gasteiger partial charge on any atom is -0.318 e. The van der Waals surface area contributed by atoms with Gasteiger partial charge in [0.05, 0.1) is 18.3 Å². The highest BCUT2D eigenvalue weighted by Crippen LogP contribution is 2.37. The molecule has 1 aliphatic rings. The predicted octanol–water partition coefficient (Wildman–Crippen LogP) is 6.54. The Morgan fingerprint density at radius 3 is 2.41 bits per heavy atom. The zero-order valence-corrected chi connectivity index (χ0v) is 18.7. The van der Waals surface area contributed by atoms with E-state index in [1.54, 1.807) is 0 Å². The third-order valence-corrected chi connectivity index (χ3v) is 6.24. The van der Waals surface area contributed by atoms with E-state index in [1.165, 1.54) is 11.1 Å². The molecule has 2 amide bonds.